The third-order valence-corrected chi connectivity index (χ3v) is 3.81. The van der Waals surface area contributed by atoms with E-state index in [9.17, 15) is 14.7 Å². The van der Waals surface area contributed by atoms with E-state index >= 15 is 0 Å². The molecule has 21 heavy (non-hydrogen) atoms. The molecule has 0 aliphatic carbocycles. The molecule has 0 radical (unpaired) electrons. The van der Waals surface area contributed by atoms with Gasteiger partial charge < -0.3 is 25.5 Å². The maximum absolute atomic E-state index is 12.1. The molecule has 4 N–H and O–H groups in total. The molecule has 3 unspecified atom stereocenters. The van der Waals surface area contributed by atoms with Crippen molar-refractivity contribution >= 4 is 12.0 Å². The lowest BCUT2D eigenvalue weighted by atomic mass is 9.85. The highest BCUT2D eigenvalue weighted by Gasteiger charge is 2.47. The molecule has 1 aliphatic heterocycles. The Bertz CT molecular complexity index is 504. The molecule has 8 nitrogen and oxygen atoms in total. The summed E-state index contributed by atoms with van der Waals surface area (Å²) in [6, 6.07) is -1.25. The smallest absolute Gasteiger partial charge is 0.315 e. The minimum Gasteiger partial charge on any atom is -0.481 e. The minimum atomic E-state index is -1.11. The van der Waals surface area contributed by atoms with Gasteiger partial charge in [-0.25, -0.2) is 9.78 Å². The zero-order valence-electron chi connectivity index (χ0n) is 12.0. The number of hydrogen-bond acceptors (Lipinski definition) is 4. The second-order valence-electron chi connectivity index (χ2n) is 5.34. The maximum Gasteiger partial charge on any atom is 0.315 e. The summed E-state index contributed by atoms with van der Waals surface area (Å²) in [5.41, 5.74) is -1.11. The van der Waals surface area contributed by atoms with Gasteiger partial charge >= 0.3 is 12.0 Å². The lowest BCUT2D eigenvalue weighted by molar-refractivity contribution is -0.148. The van der Waals surface area contributed by atoms with Gasteiger partial charge in [-0.1, -0.05) is 6.92 Å². The highest BCUT2D eigenvalue weighted by molar-refractivity contribution is 5.79. The largest absolute Gasteiger partial charge is 0.481 e. The van der Waals surface area contributed by atoms with Crippen LogP contribution in [0.4, 0.5) is 4.79 Å². The van der Waals surface area contributed by atoms with Gasteiger partial charge in [0, 0.05) is 12.4 Å². The molecule has 1 saturated heterocycles. The van der Waals surface area contributed by atoms with Crippen LogP contribution in [0.3, 0.4) is 0 Å². The number of aromatic nitrogens is 2. The highest BCUT2D eigenvalue weighted by atomic mass is 16.5. The normalized spacial score (nSPS) is 26.3. The van der Waals surface area contributed by atoms with Crippen molar-refractivity contribution in [2.45, 2.75) is 32.4 Å². The zero-order chi connectivity index (χ0) is 15.5. The molecule has 3 atom stereocenters. The van der Waals surface area contributed by atoms with E-state index in [1.807, 2.05) is 6.92 Å². The average Bonchev–Trinajstić information content (AvgIpc) is 3.07. The molecule has 1 aromatic heterocycles. The number of urea groups is 1. The van der Waals surface area contributed by atoms with Crippen molar-refractivity contribution in [1.82, 2.24) is 20.6 Å². The second-order valence-corrected chi connectivity index (χ2v) is 5.34. The first kappa shape index (κ1) is 15.3. The number of nitrogens with one attached hydrogen (secondary N) is 3. The summed E-state index contributed by atoms with van der Waals surface area (Å²) in [6.45, 7) is 3.76. The number of carboxylic acids is 1. The van der Waals surface area contributed by atoms with Crippen molar-refractivity contribution in [3.63, 3.8) is 0 Å². The van der Waals surface area contributed by atoms with Gasteiger partial charge in [0.25, 0.3) is 0 Å². The molecule has 0 spiro atoms. The molecule has 116 valence electrons. The number of H-pyrrole nitrogens is 1. The van der Waals surface area contributed by atoms with Gasteiger partial charge in [0.15, 0.2) is 0 Å². The molecule has 0 bridgehead atoms. The molecule has 0 aromatic carbocycles. The molecule has 0 saturated carbocycles. The molecule has 8 heteroatoms. The fourth-order valence-electron chi connectivity index (χ4n) is 2.28. The summed E-state index contributed by atoms with van der Waals surface area (Å²) in [5.74, 6) is -0.320. The number of amides is 2. The Labute approximate surface area is 122 Å². The van der Waals surface area contributed by atoms with E-state index in [4.69, 9.17) is 4.74 Å². The van der Waals surface area contributed by atoms with Gasteiger partial charge in [-0.2, -0.15) is 0 Å². The molecule has 1 aromatic rings. The monoisotopic (exact) mass is 296 g/mol. The van der Waals surface area contributed by atoms with Crippen molar-refractivity contribution in [2.24, 2.45) is 5.41 Å². The highest BCUT2D eigenvalue weighted by Crippen LogP contribution is 2.28. The Balaban J connectivity index is 1.97. The fraction of sp³-hybridized carbons (Fsp3) is 0.615. The molecular formula is C13H20N4O4. The van der Waals surface area contributed by atoms with E-state index in [0.29, 0.717) is 12.2 Å². The summed E-state index contributed by atoms with van der Waals surface area (Å²) in [6.07, 6.45) is 3.96. The second kappa shape index (κ2) is 6.13. The first-order valence-electron chi connectivity index (χ1n) is 6.84. The van der Waals surface area contributed by atoms with Crippen molar-refractivity contribution in [3.8, 4) is 0 Å². The van der Waals surface area contributed by atoms with E-state index in [1.54, 1.807) is 19.3 Å². The standard InChI is InChI=1S/C13H20N4O4/c1-3-8(10-14-4-5-15-10)16-12(20)17-9-6-21-7-13(9,2)11(18)19/h4-5,8-9H,3,6-7H2,1-2H3,(H,14,15)(H,18,19)(H2,16,17,20). The van der Waals surface area contributed by atoms with Gasteiger partial charge in [-0.05, 0) is 13.3 Å². The predicted molar refractivity (Wildman–Crippen MR) is 73.6 cm³/mol. The lowest BCUT2D eigenvalue weighted by Crippen LogP contribution is -2.52. The van der Waals surface area contributed by atoms with Gasteiger partial charge in [0.2, 0.25) is 0 Å². The lowest BCUT2D eigenvalue weighted by Gasteiger charge is -2.26. The minimum absolute atomic E-state index is 0.0860. The van der Waals surface area contributed by atoms with Crippen molar-refractivity contribution in [3.05, 3.63) is 18.2 Å². The van der Waals surface area contributed by atoms with Crippen LogP contribution in [0.1, 0.15) is 32.1 Å². The third-order valence-electron chi connectivity index (χ3n) is 3.81. The van der Waals surface area contributed by atoms with Crippen LogP contribution >= 0.6 is 0 Å². The Morgan fingerprint density at radius 2 is 2.43 bits per heavy atom. The topological polar surface area (TPSA) is 116 Å². The Morgan fingerprint density at radius 3 is 3.00 bits per heavy atom. The van der Waals surface area contributed by atoms with Crippen LogP contribution in [0.5, 0.6) is 0 Å². The SMILES string of the molecule is CCC(NC(=O)NC1COCC1(C)C(=O)O)c1ncc[nH]1. The third kappa shape index (κ3) is 3.15. The van der Waals surface area contributed by atoms with Gasteiger partial charge in [0.1, 0.15) is 11.2 Å². The first-order valence-corrected chi connectivity index (χ1v) is 6.84. The van der Waals surface area contributed by atoms with Crippen LogP contribution in [-0.4, -0.2) is 46.3 Å². The van der Waals surface area contributed by atoms with E-state index < -0.39 is 23.5 Å². The first-order chi connectivity index (χ1) is 9.97. The van der Waals surface area contributed by atoms with Crippen molar-refractivity contribution in [1.29, 1.82) is 0 Å². The average molecular weight is 296 g/mol. The van der Waals surface area contributed by atoms with E-state index in [0.717, 1.165) is 0 Å². The molecule has 1 aliphatic rings. The van der Waals surface area contributed by atoms with Crippen LogP contribution in [0, 0.1) is 5.41 Å². The molecule has 2 rings (SSSR count). The number of ether oxygens (including phenoxy) is 1. The maximum atomic E-state index is 12.1. The number of nitrogens with zero attached hydrogens (tertiary/aromatic N) is 1. The van der Waals surface area contributed by atoms with Gasteiger partial charge in [-0.3, -0.25) is 4.79 Å². The summed E-state index contributed by atoms with van der Waals surface area (Å²) in [4.78, 5) is 30.4. The number of aliphatic carboxylic acids is 1. The summed E-state index contributed by atoms with van der Waals surface area (Å²) in [7, 11) is 0. The van der Waals surface area contributed by atoms with Crippen LogP contribution in [0.2, 0.25) is 0 Å². The number of carboxylic acid groups (broad SMARTS) is 1. The van der Waals surface area contributed by atoms with Crippen LogP contribution in [-0.2, 0) is 9.53 Å². The predicted octanol–water partition coefficient (Wildman–Crippen LogP) is 0.650. The zero-order valence-corrected chi connectivity index (χ0v) is 12.0. The quantitative estimate of drug-likeness (QED) is 0.636. The van der Waals surface area contributed by atoms with Crippen molar-refractivity contribution < 1.29 is 19.4 Å². The van der Waals surface area contributed by atoms with Crippen molar-refractivity contribution in [2.75, 3.05) is 13.2 Å². The van der Waals surface area contributed by atoms with Crippen LogP contribution in [0.15, 0.2) is 12.4 Å². The number of imidazole rings is 1. The summed E-state index contributed by atoms with van der Waals surface area (Å²) < 4.78 is 5.20. The number of hydrogen-bond donors (Lipinski definition) is 4. The molecule has 1 fully saturated rings. The Kier molecular flexibility index (Phi) is 4.46. The summed E-state index contributed by atoms with van der Waals surface area (Å²) in [5, 5.41) is 14.7. The molecule has 2 amide bonds. The molecule has 2 heterocycles. The van der Waals surface area contributed by atoms with Crippen LogP contribution in [0.25, 0.3) is 0 Å². The van der Waals surface area contributed by atoms with Gasteiger partial charge in [-0.15, -0.1) is 0 Å². The van der Waals surface area contributed by atoms with E-state index in [1.165, 1.54) is 0 Å². The number of rotatable bonds is 5. The van der Waals surface area contributed by atoms with Crippen LogP contribution < -0.4 is 10.6 Å². The Morgan fingerprint density at radius 1 is 1.67 bits per heavy atom. The number of carbonyl (C=O) groups excluding carboxylic acids is 1. The number of carbonyl (C=O) groups is 2. The fourth-order valence-corrected chi connectivity index (χ4v) is 2.28. The Hall–Kier alpha value is -2.09. The number of aromatic amines is 1. The van der Waals surface area contributed by atoms with E-state index in [-0.39, 0.29) is 19.3 Å². The van der Waals surface area contributed by atoms with E-state index in [2.05, 4.69) is 20.6 Å². The molecular weight excluding hydrogens is 276 g/mol. The van der Waals surface area contributed by atoms with Gasteiger partial charge in [0.05, 0.1) is 25.3 Å². The summed E-state index contributed by atoms with van der Waals surface area (Å²) >= 11 is 0.